The summed E-state index contributed by atoms with van der Waals surface area (Å²) in [5.41, 5.74) is 1.51. The molecule has 1 atom stereocenters. The SMILES string of the molecule is C[C@@H](Sc1nnc(-c2ccccc2F)n1N)c1ccccc1. The fraction of sp³-hybridized carbons (Fsp3) is 0.125. The van der Waals surface area contributed by atoms with Crippen molar-refractivity contribution >= 4 is 11.8 Å². The molecule has 0 saturated carbocycles. The van der Waals surface area contributed by atoms with E-state index in [0.717, 1.165) is 0 Å². The van der Waals surface area contributed by atoms with Crippen molar-refractivity contribution in [3.63, 3.8) is 0 Å². The number of hydrogen-bond acceptors (Lipinski definition) is 4. The van der Waals surface area contributed by atoms with Gasteiger partial charge in [-0.15, -0.1) is 10.2 Å². The van der Waals surface area contributed by atoms with Crippen LogP contribution in [0.5, 0.6) is 0 Å². The zero-order valence-electron chi connectivity index (χ0n) is 12.0. The van der Waals surface area contributed by atoms with Crippen LogP contribution < -0.4 is 5.84 Å². The number of thioether (sulfide) groups is 1. The minimum Gasteiger partial charge on any atom is -0.335 e. The standard InChI is InChI=1S/C16H15FN4S/c1-11(12-7-3-2-4-8-12)22-16-20-19-15(21(16)18)13-9-5-6-10-14(13)17/h2-11H,18H2,1H3/t11-/m1/s1. The molecular weight excluding hydrogens is 299 g/mol. The molecular formula is C16H15FN4S. The first kappa shape index (κ1) is 14.6. The number of halogens is 1. The Bertz CT molecular complexity index is 773. The summed E-state index contributed by atoms with van der Waals surface area (Å²) in [5, 5.41) is 8.82. The van der Waals surface area contributed by atoms with Crippen molar-refractivity contribution in [2.75, 3.05) is 5.84 Å². The van der Waals surface area contributed by atoms with Crippen LogP contribution in [-0.4, -0.2) is 14.9 Å². The maximum atomic E-state index is 13.8. The third kappa shape index (κ3) is 2.82. The predicted octanol–water partition coefficient (Wildman–Crippen LogP) is 3.65. The Hall–Kier alpha value is -2.34. The van der Waals surface area contributed by atoms with E-state index in [-0.39, 0.29) is 11.1 Å². The van der Waals surface area contributed by atoms with Crippen LogP contribution in [0, 0.1) is 5.82 Å². The van der Waals surface area contributed by atoms with Gasteiger partial charge in [-0.05, 0) is 24.6 Å². The Morgan fingerprint density at radius 2 is 1.73 bits per heavy atom. The van der Waals surface area contributed by atoms with E-state index in [1.165, 1.54) is 28.1 Å². The van der Waals surface area contributed by atoms with E-state index in [2.05, 4.69) is 17.1 Å². The number of nitrogens with zero attached hydrogens (tertiary/aromatic N) is 3. The second-order valence-corrected chi connectivity index (χ2v) is 6.13. The van der Waals surface area contributed by atoms with E-state index in [1.54, 1.807) is 18.2 Å². The third-order valence-corrected chi connectivity index (χ3v) is 4.45. The monoisotopic (exact) mass is 314 g/mol. The first-order chi connectivity index (χ1) is 10.7. The normalized spacial score (nSPS) is 12.3. The molecule has 0 bridgehead atoms. The molecule has 112 valence electrons. The van der Waals surface area contributed by atoms with E-state index in [9.17, 15) is 4.39 Å². The molecule has 2 N–H and O–H groups in total. The van der Waals surface area contributed by atoms with Crippen LogP contribution in [0.3, 0.4) is 0 Å². The van der Waals surface area contributed by atoms with Gasteiger partial charge in [0.15, 0.2) is 5.82 Å². The Morgan fingerprint density at radius 1 is 1.05 bits per heavy atom. The molecule has 0 spiro atoms. The highest BCUT2D eigenvalue weighted by Gasteiger charge is 2.17. The predicted molar refractivity (Wildman–Crippen MR) is 86.3 cm³/mol. The maximum absolute atomic E-state index is 13.8. The van der Waals surface area contributed by atoms with Crippen molar-refractivity contribution in [2.24, 2.45) is 0 Å². The molecule has 0 saturated heterocycles. The summed E-state index contributed by atoms with van der Waals surface area (Å²) in [4.78, 5) is 0. The average molecular weight is 314 g/mol. The van der Waals surface area contributed by atoms with Gasteiger partial charge in [-0.2, -0.15) is 0 Å². The molecule has 0 aliphatic carbocycles. The summed E-state index contributed by atoms with van der Waals surface area (Å²) in [6, 6.07) is 16.4. The third-order valence-electron chi connectivity index (χ3n) is 3.33. The van der Waals surface area contributed by atoms with Crippen LogP contribution in [0.25, 0.3) is 11.4 Å². The van der Waals surface area contributed by atoms with Gasteiger partial charge in [0.2, 0.25) is 5.16 Å². The van der Waals surface area contributed by atoms with Crippen LogP contribution in [0.1, 0.15) is 17.7 Å². The van der Waals surface area contributed by atoms with Gasteiger partial charge in [-0.3, -0.25) is 0 Å². The minimum absolute atomic E-state index is 0.168. The van der Waals surface area contributed by atoms with E-state index in [1.807, 2.05) is 30.3 Å². The second kappa shape index (κ2) is 6.19. The van der Waals surface area contributed by atoms with Crippen molar-refractivity contribution in [2.45, 2.75) is 17.3 Å². The molecule has 4 nitrogen and oxygen atoms in total. The van der Waals surface area contributed by atoms with Crippen molar-refractivity contribution < 1.29 is 4.39 Å². The lowest BCUT2D eigenvalue weighted by Crippen LogP contribution is -2.12. The quantitative estimate of drug-likeness (QED) is 0.590. The molecule has 6 heteroatoms. The topological polar surface area (TPSA) is 56.7 Å². The molecule has 3 rings (SSSR count). The van der Waals surface area contributed by atoms with E-state index in [0.29, 0.717) is 16.5 Å². The number of rotatable bonds is 4. The first-order valence-corrected chi connectivity index (χ1v) is 7.72. The number of nitrogens with two attached hydrogens (primary N) is 1. The molecule has 2 aromatic carbocycles. The molecule has 0 unspecified atom stereocenters. The van der Waals surface area contributed by atoms with Gasteiger partial charge in [0.25, 0.3) is 0 Å². The van der Waals surface area contributed by atoms with Crippen LogP contribution in [0.2, 0.25) is 0 Å². The molecule has 22 heavy (non-hydrogen) atoms. The lowest BCUT2D eigenvalue weighted by molar-refractivity contribution is 0.629. The summed E-state index contributed by atoms with van der Waals surface area (Å²) in [5.74, 6) is 5.99. The molecule has 0 aliphatic heterocycles. The summed E-state index contributed by atoms with van der Waals surface area (Å²) in [7, 11) is 0. The lowest BCUT2D eigenvalue weighted by Gasteiger charge is -2.10. The number of aromatic nitrogens is 3. The van der Waals surface area contributed by atoms with Gasteiger partial charge < -0.3 is 5.84 Å². The average Bonchev–Trinajstić information content (AvgIpc) is 2.90. The van der Waals surface area contributed by atoms with Crippen LogP contribution in [0.4, 0.5) is 4.39 Å². The molecule has 0 fully saturated rings. The van der Waals surface area contributed by atoms with Crippen LogP contribution >= 0.6 is 11.8 Å². The maximum Gasteiger partial charge on any atom is 0.210 e. The largest absolute Gasteiger partial charge is 0.335 e. The Labute approximate surface area is 132 Å². The van der Waals surface area contributed by atoms with Crippen molar-refractivity contribution in [3.8, 4) is 11.4 Å². The van der Waals surface area contributed by atoms with E-state index in [4.69, 9.17) is 5.84 Å². The van der Waals surface area contributed by atoms with Gasteiger partial charge in [-0.25, -0.2) is 9.07 Å². The van der Waals surface area contributed by atoms with E-state index < -0.39 is 0 Å². The summed E-state index contributed by atoms with van der Waals surface area (Å²) < 4.78 is 15.2. The smallest absolute Gasteiger partial charge is 0.210 e. The molecule has 1 heterocycles. The summed E-state index contributed by atoms with van der Waals surface area (Å²) in [6.07, 6.45) is 0. The van der Waals surface area contributed by atoms with Crippen LogP contribution in [0.15, 0.2) is 59.8 Å². The Morgan fingerprint density at radius 3 is 2.45 bits per heavy atom. The van der Waals surface area contributed by atoms with Crippen LogP contribution in [-0.2, 0) is 0 Å². The Balaban J connectivity index is 1.87. The van der Waals surface area contributed by atoms with Gasteiger partial charge in [-0.1, -0.05) is 54.2 Å². The molecule has 3 aromatic rings. The van der Waals surface area contributed by atoms with Crippen molar-refractivity contribution in [1.29, 1.82) is 0 Å². The zero-order chi connectivity index (χ0) is 15.5. The highest BCUT2D eigenvalue weighted by Crippen LogP contribution is 2.34. The summed E-state index contributed by atoms with van der Waals surface area (Å²) >= 11 is 1.49. The van der Waals surface area contributed by atoms with Crippen molar-refractivity contribution in [3.05, 3.63) is 66.0 Å². The summed E-state index contributed by atoms with van der Waals surface area (Å²) in [6.45, 7) is 2.07. The molecule has 0 radical (unpaired) electrons. The molecule has 1 aromatic heterocycles. The number of hydrogen-bond donors (Lipinski definition) is 1. The highest BCUT2D eigenvalue weighted by atomic mass is 32.2. The Kier molecular flexibility index (Phi) is 4.11. The molecule has 0 amide bonds. The lowest BCUT2D eigenvalue weighted by atomic mass is 10.2. The number of nitrogen functional groups attached to an aromatic ring is 1. The minimum atomic E-state index is -0.366. The molecule has 0 aliphatic rings. The van der Waals surface area contributed by atoms with Gasteiger partial charge in [0.1, 0.15) is 5.82 Å². The highest BCUT2D eigenvalue weighted by molar-refractivity contribution is 7.99. The zero-order valence-corrected chi connectivity index (χ0v) is 12.8. The number of benzene rings is 2. The van der Waals surface area contributed by atoms with Gasteiger partial charge in [0, 0.05) is 5.25 Å². The fourth-order valence-corrected chi connectivity index (χ4v) is 3.03. The second-order valence-electron chi connectivity index (χ2n) is 4.83. The van der Waals surface area contributed by atoms with Gasteiger partial charge >= 0.3 is 0 Å². The van der Waals surface area contributed by atoms with E-state index >= 15 is 0 Å². The van der Waals surface area contributed by atoms with Crippen molar-refractivity contribution in [1.82, 2.24) is 14.9 Å². The first-order valence-electron chi connectivity index (χ1n) is 6.84. The fourth-order valence-electron chi connectivity index (χ4n) is 2.13. The van der Waals surface area contributed by atoms with Gasteiger partial charge in [0.05, 0.1) is 5.56 Å².